The summed E-state index contributed by atoms with van der Waals surface area (Å²) in [7, 11) is 0. The highest BCUT2D eigenvalue weighted by atomic mass is 16.4. The van der Waals surface area contributed by atoms with Crippen LogP contribution in [-0.4, -0.2) is 16.1 Å². The Hall–Kier alpha value is -2.10. The summed E-state index contributed by atoms with van der Waals surface area (Å²) in [5.74, 6) is -1.09. The van der Waals surface area contributed by atoms with Crippen molar-refractivity contribution in [2.45, 2.75) is 25.7 Å². The van der Waals surface area contributed by atoms with Crippen molar-refractivity contribution in [3.05, 3.63) is 45.2 Å². The number of benzene rings is 1. The molecule has 0 radical (unpaired) electrons. The normalized spacial score (nSPS) is 14.4. The van der Waals surface area contributed by atoms with Crippen molar-refractivity contribution < 1.29 is 9.90 Å². The first kappa shape index (κ1) is 11.0. The first-order valence-electron chi connectivity index (χ1n) is 6.08. The summed E-state index contributed by atoms with van der Waals surface area (Å²) in [6, 6.07) is 4.94. The van der Waals surface area contributed by atoms with Crippen LogP contribution in [-0.2, 0) is 12.8 Å². The molecule has 1 aliphatic carbocycles. The molecule has 0 bridgehead atoms. The topological polar surface area (TPSA) is 70.2 Å². The maximum Gasteiger partial charge on any atom is 0.352 e. The van der Waals surface area contributed by atoms with Crippen LogP contribution in [0.4, 0.5) is 0 Å². The van der Waals surface area contributed by atoms with Gasteiger partial charge in [-0.2, -0.15) is 0 Å². The van der Waals surface area contributed by atoms with Gasteiger partial charge in [0.15, 0.2) is 5.43 Å². The lowest BCUT2D eigenvalue weighted by Gasteiger charge is -2.17. The fourth-order valence-electron chi connectivity index (χ4n) is 2.67. The van der Waals surface area contributed by atoms with E-state index in [0.717, 1.165) is 37.3 Å². The Labute approximate surface area is 103 Å². The Morgan fingerprint density at radius 1 is 1.22 bits per heavy atom. The number of aromatic carboxylic acids is 1. The molecule has 0 spiro atoms. The molecule has 1 aromatic heterocycles. The molecule has 0 aliphatic heterocycles. The van der Waals surface area contributed by atoms with Gasteiger partial charge in [-0.05, 0) is 42.9 Å². The second kappa shape index (κ2) is 3.98. The SMILES string of the molecule is O=C(O)c1cc(=O)c2ccc3c(c2[nH]1)CCCC3. The van der Waals surface area contributed by atoms with Crippen LogP contribution in [0.15, 0.2) is 23.0 Å². The van der Waals surface area contributed by atoms with E-state index in [1.807, 2.05) is 6.07 Å². The third-order valence-corrected chi connectivity index (χ3v) is 3.56. The summed E-state index contributed by atoms with van der Waals surface area (Å²) in [5.41, 5.74) is 2.78. The predicted molar refractivity (Wildman–Crippen MR) is 68.2 cm³/mol. The number of H-pyrrole nitrogens is 1. The van der Waals surface area contributed by atoms with Crippen molar-refractivity contribution in [3.8, 4) is 0 Å². The number of nitrogens with one attached hydrogen (secondary N) is 1. The fourth-order valence-corrected chi connectivity index (χ4v) is 2.67. The molecule has 1 heterocycles. The lowest BCUT2D eigenvalue weighted by atomic mass is 9.89. The molecule has 4 nitrogen and oxygen atoms in total. The van der Waals surface area contributed by atoms with E-state index in [-0.39, 0.29) is 11.1 Å². The molecular weight excluding hydrogens is 230 g/mol. The van der Waals surface area contributed by atoms with Crippen molar-refractivity contribution in [1.82, 2.24) is 4.98 Å². The second-order valence-corrected chi connectivity index (χ2v) is 4.69. The van der Waals surface area contributed by atoms with Crippen LogP contribution in [0.5, 0.6) is 0 Å². The first-order chi connectivity index (χ1) is 8.66. The lowest BCUT2D eigenvalue weighted by molar-refractivity contribution is 0.0691. The fraction of sp³-hybridized carbons (Fsp3) is 0.286. The number of carboxylic acids is 1. The van der Waals surface area contributed by atoms with Crippen LogP contribution in [0, 0.1) is 0 Å². The maximum atomic E-state index is 11.9. The van der Waals surface area contributed by atoms with Gasteiger partial charge in [0.2, 0.25) is 0 Å². The average molecular weight is 243 g/mol. The Morgan fingerprint density at radius 2 is 2.00 bits per heavy atom. The summed E-state index contributed by atoms with van der Waals surface area (Å²) in [6.45, 7) is 0. The van der Waals surface area contributed by atoms with Gasteiger partial charge in [0.1, 0.15) is 5.69 Å². The molecule has 1 aromatic carbocycles. The Morgan fingerprint density at radius 3 is 2.78 bits per heavy atom. The summed E-state index contributed by atoms with van der Waals surface area (Å²) in [4.78, 5) is 25.8. The number of fused-ring (bicyclic) bond motifs is 3. The number of rotatable bonds is 1. The summed E-state index contributed by atoms with van der Waals surface area (Å²) in [5, 5.41) is 9.59. The minimum atomic E-state index is -1.09. The number of hydrogen-bond donors (Lipinski definition) is 2. The summed E-state index contributed by atoms with van der Waals surface area (Å²) in [6.07, 6.45) is 4.16. The van der Waals surface area contributed by atoms with Crippen LogP contribution < -0.4 is 5.43 Å². The molecule has 1 aliphatic rings. The van der Waals surface area contributed by atoms with E-state index < -0.39 is 5.97 Å². The number of hydrogen-bond acceptors (Lipinski definition) is 2. The number of aromatic amines is 1. The number of pyridine rings is 1. The molecule has 0 saturated heterocycles. The van der Waals surface area contributed by atoms with E-state index in [2.05, 4.69) is 4.98 Å². The van der Waals surface area contributed by atoms with Gasteiger partial charge in [-0.3, -0.25) is 4.79 Å². The molecule has 2 aromatic rings. The van der Waals surface area contributed by atoms with E-state index >= 15 is 0 Å². The van der Waals surface area contributed by atoms with Crippen LogP contribution in [0.1, 0.15) is 34.5 Å². The molecule has 0 unspecified atom stereocenters. The zero-order valence-electron chi connectivity index (χ0n) is 9.82. The maximum absolute atomic E-state index is 11.9. The zero-order valence-corrected chi connectivity index (χ0v) is 9.82. The highest BCUT2D eigenvalue weighted by molar-refractivity contribution is 5.91. The quantitative estimate of drug-likeness (QED) is 0.805. The van der Waals surface area contributed by atoms with E-state index in [1.54, 1.807) is 6.07 Å². The predicted octanol–water partition coefficient (Wildman–Crippen LogP) is 2.11. The van der Waals surface area contributed by atoms with Crippen molar-refractivity contribution in [3.63, 3.8) is 0 Å². The van der Waals surface area contributed by atoms with Gasteiger partial charge in [0.05, 0.1) is 5.52 Å². The average Bonchev–Trinajstić information content (AvgIpc) is 2.38. The van der Waals surface area contributed by atoms with Gasteiger partial charge >= 0.3 is 5.97 Å². The highest BCUT2D eigenvalue weighted by Crippen LogP contribution is 2.26. The molecule has 0 amide bonds. The molecule has 92 valence electrons. The summed E-state index contributed by atoms with van der Waals surface area (Å²) < 4.78 is 0. The van der Waals surface area contributed by atoms with E-state index in [4.69, 9.17) is 5.11 Å². The largest absolute Gasteiger partial charge is 0.477 e. The molecule has 4 heteroatoms. The Bertz CT molecular complexity index is 700. The molecule has 0 saturated carbocycles. The third kappa shape index (κ3) is 1.61. The van der Waals surface area contributed by atoms with Gasteiger partial charge in [-0.15, -0.1) is 0 Å². The van der Waals surface area contributed by atoms with Gasteiger partial charge in [-0.25, -0.2) is 4.79 Å². The van der Waals surface area contributed by atoms with Gasteiger partial charge in [0, 0.05) is 11.5 Å². The smallest absolute Gasteiger partial charge is 0.352 e. The van der Waals surface area contributed by atoms with Crippen molar-refractivity contribution in [2.24, 2.45) is 0 Å². The van der Waals surface area contributed by atoms with E-state index in [9.17, 15) is 9.59 Å². The van der Waals surface area contributed by atoms with Gasteiger partial charge < -0.3 is 10.1 Å². The Kier molecular flexibility index (Phi) is 2.44. The number of aromatic nitrogens is 1. The first-order valence-corrected chi connectivity index (χ1v) is 6.08. The van der Waals surface area contributed by atoms with Crippen LogP contribution in [0.3, 0.4) is 0 Å². The van der Waals surface area contributed by atoms with Crippen molar-refractivity contribution in [1.29, 1.82) is 0 Å². The van der Waals surface area contributed by atoms with Crippen LogP contribution >= 0.6 is 0 Å². The molecule has 18 heavy (non-hydrogen) atoms. The monoisotopic (exact) mass is 243 g/mol. The standard InChI is InChI=1S/C14H13NO3/c16-12-7-11(14(17)18)15-13-9-4-2-1-3-8(9)5-6-10(12)13/h5-7H,1-4H2,(H,15,16)(H,17,18). The van der Waals surface area contributed by atoms with Crippen LogP contribution in [0.25, 0.3) is 10.9 Å². The van der Waals surface area contributed by atoms with Gasteiger partial charge in [-0.1, -0.05) is 6.07 Å². The highest BCUT2D eigenvalue weighted by Gasteiger charge is 2.16. The second-order valence-electron chi connectivity index (χ2n) is 4.69. The molecular formula is C14H13NO3. The molecule has 2 N–H and O–H groups in total. The van der Waals surface area contributed by atoms with Crippen molar-refractivity contribution >= 4 is 16.9 Å². The Balaban J connectivity index is 2.38. The number of carboxylic acid groups (broad SMARTS) is 1. The molecule has 3 rings (SSSR count). The van der Waals surface area contributed by atoms with Crippen LogP contribution in [0.2, 0.25) is 0 Å². The van der Waals surface area contributed by atoms with Gasteiger partial charge in [0.25, 0.3) is 0 Å². The molecule has 0 fully saturated rings. The third-order valence-electron chi connectivity index (χ3n) is 3.56. The lowest BCUT2D eigenvalue weighted by Crippen LogP contribution is -2.13. The van der Waals surface area contributed by atoms with Crippen molar-refractivity contribution in [2.75, 3.05) is 0 Å². The van der Waals surface area contributed by atoms with E-state index in [0.29, 0.717) is 10.9 Å². The number of aryl methyl sites for hydroxylation is 2. The summed E-state index contributed by atoms with van der Waals surface area (Å²) >= 11 is 0. The number of carbonyl (C=O) groups is 1. The minimum absolute atomic E-state index is 0.0357. The zero-order chi connectivity index (χ0) is 12.7. The van der Waals surface area contributed by atoms with E-state index in [1.165, 1.54) is 5.56 Å². The molecule has 0 atom stereocenters. The minimum Gasteiger partial charge on any atom is -0.477 e.